The molecule has 0 unspecified atom stereocenters. The van der Waals surface area contributed by atoms with Crippen LogP contribution in [0.15, 0.2) is 9.59 Å². The largest absolute Gasteiger partial charge is 0.380 e. The second-order valence-corrected chi connectivity index (χ2v) is 6.20. The number of hydrogen-bond acceptors (Lipinski definition) is 7. The minimum atomic E-state index is -0.392. The zero-order valence-corrected chi connectivity index (χ0v) is 14.0. The molecular formula is C16H25N5O2. The van der Waals surface area contributed by atoms with Gasteiger partial charge in [-0.25, -0.2) is 0 Å². The van der Waals surface area contributed by atoms with E-state index in [1.807, 2.05) is 19.0 Å². The lowest BCUT2D eigenvalue weighted by molar-refractivity contribution is 0.263. The molecule has 1 fully saturated rings. The first-order valence-electron chi connectivity index (χ1n) is 8.10. The van der Waals surface area contributed by atoms with Crippen LogP contribution in [-0.2, 0) is 0 Å². The van der Waals surface area contributed by atoms with Crippen molar-refractivity contribution < 1.29 is 0 Å². The number of nitrogens with zero attached hydrogens (tertiary/aromatic N) is 4. The summed E-state index contributed by atoms with van der Waals surface area (Å²) in [5, 5.41) is 11.8. The summed E-state index contributed by atoms with van der Waals surface area (Å²) in [4.78, 5) is 30.0. The Balaban J connectivity index is 1.89. The smallest absolute Gasteiger partial charge is 0.253 e. The standard InChI is InChI=1S/C16H25N5O2/c1-19(2)7-4-6-18-13-14(16(23)15(13)22)21-11-9-20(10-12-21)8-3-5-17/h18H,3-4,6-12H2,1-2H3. The van der Waals surface area contributed by atoms with Gasteiger partial charge in [-0.05, 0) is 27.1 Å². The van der Waals surface area contributed by atoms with Crippen LogP contribution in [-0.4, -0.2) is 69.7 Å². The van der Waals surface area contributed by atoms with Crippen molar-refractivity contribution in [1.29, 1.82) is 5.26 Å². The third kappa shape index (κ3) is 4.30. The van der Waals surface area contributed by atoms with Crippen molar-refractivity contribution in [2.75, 3.05) is 70.1 Å². The molecule has 0 aromatic heterocycles. The zero-order valence-electron chi connectivity index (χ0n) is 14.0. The van der Waals surface area contributed by atoms with E-state index < -0.39 is 5.43 Å². The number of rotatable bonds is 8. The summed E-state index contributed by atoms with van der Waals surface area (Å²) < 4.78 is 0. The van der Waals surface area contributed by atoms with E-state index in [1.165, 1.54) is 0 Å². The van der Waals surface area contributed by atoms with Gasteiger partial charge in [-0.2, -0.15) is 5.26 Å². The van der Waals surface area contributed by atoms with Crippen LogP contribution in [0.1, 0.15) is 12.8 Å². The molecule has 0 atom stereocenters. The van der Waals surface area contributed by atoms with E-state index in [-0.39, 0.29) is 5.43 Å². The van der Waals surface area contributed by atoms with Gasteiger partial charge in [-0.3, -0.25) is 14.5 Å². The SMILES string of the molecule is CN(C)CCCNc1c(N2CCN(CCC#N)CC2)c(=O)c1=O. The molecule has 1 heterocycles. The summed E-state index contributed by atoms with van der Waals surface area (Å²) in [7, 11) is 4.02. The molecule has 1 N–H and O–H groups in total. The Morgan fingerprint density at radius 3 is 2.48 bits per heavy atom. The van der Waals surface area contributed by atoms with Crippen molar-refractivity contribution in [3.63, 3.8) is 0 Å². The van der Waals surface area contributed by atoms with E-state index in [4.69, 9.17) is 5.26 Å². The average molecular weight is 319 g/mol. The van der Waals surface area contributed by atoms with Gasteiger partial charge in [0.05, 0.1) is 6.07 Å². The molecule has 1 aliphatic rings. The Bertz CT molecular complexity index is 619. The lowest BCUT2D eigenvalue weighted by atomic mass is 10.1. The van der Waals surface area contributed by atoms with Crippen LogP contribution in [0.5, 0.6) is 0 Å². The number of anilines is 2. The maximum atomic E-state index is 11.9. The van der Waals surface area contributed by atoms with Gasteiger partial charge in [0.15, 0.2) is 0 Å². The van der Waals surface area contributed by atoms with Crippen LogP contribution in [0.3, 0.4) is 0 Å². The van der Waals surface area contributed by atoms with Crippen LogP contribution in [0.25, 0.3) is 0 Å². The third-order valence-electron chi connectivity index (χ3n) is 4.20. The average Bonchev–Trinajstić information content (AvgIpc) is 2.55. The predicted molar refractivity (Wildman–Crippen MR) is 91.9 cm³/mol. The van der Waals surface area contributed by atoms with Crippen LogP contribution in [0.2, 0.25) is 0 Å². The quantitative estimate of drug-likeness (QED) is 0.520. The number of nitrogens with one attached hydrogen (secondary N) is 1. The van der Waals surface area contributed by atoms with Crippen molar-refractivity contribution in [3.8, 4) is 6.07 Å². The van der Waals surface area contributed by atoms with E-state index >= 15 is 0 Å². The molecule has 0 spiro atoms. The van der Waals surface area contributed by atoms with Crippen molar-refractivity contribution >= 4 is 11.4 Å². The van der Waals surface area contributed by atoms with Crippen LogP contribution >= 0.6 is 0 Å². The molecule has 2 rings (SSSR count). The lowest BCUT2D eigenvalue weighted by Crippen LogP contribution is -2.51. The van der Waals surface area contributed by atoms with E-state index in [1.54, 1.807) is 0 Å². The second-order valence-electron chi connectivity index (χ2n) is 6.20. The van der Waals surface area contributed by atoms with Crippen LogP contribution in [0.4, 0.5) is 11.4 Å². The van der Waals surface area contributed by atoms with E-state index in [2.05, 4.69) is 21.2 Å². The van der Waals surface area contributed by atoms with Gasteiger partial charge in [0.1, 0.15) is 11.4 Å². The fraction of sp³-hybridized carbons (Fsp3) is 0.688. The van der Waals surface area contributed by atoms with Crippen LogP contribution in [0, 0.1) is 11.3 Å². The minimum Gasteiger partial charge on any atom is -0.380 e. The highest BCUT2D eigenvalue weighted by Crippen LogP contribution is 2.21. The molecule has 7 nitrogen and oxygen atoms in total. The molecule has 1 aromatic carbocycles. The highest BCUT2D eigenvalue weighted by molar-refractivity contribution is 5.75. The summed E-state index contributed by atoms with van der Waals surface area (Å²) in [6.07, 6.45) is 1.45. The first-order chi connectivity index (χ1) is 11.0. The predicted octanol–water partition coefficient (Wildman–Crippen LogP) is -0.318. The monoisotopic (exact) mass is 319 g/mol. The fourth-order valence-electron chi connectivity index (χ4n) is 2.86. The van der Waals surface area contributed by atoms with Gasteiger partial charge in [-0.1, -0.05) is 0 Å². The molecule has 126 valence electrons. The number of nitriles is 1. The molecule has 1 aliphatic heterocycles. The normalized spacial score (nSPS) is 16.0. The molecule has 1 saturated heterocycles. The molecule has 0 bridgehead atoms. The zero-order chi connectivity index (χ0) is 16.8. The molecule has 0 saturated carbocycles. The Hall–Kier alpha value is -1.91. The lowest BCUT2D eigenvalue weighted by Gasteiger charge is -2.36. The highest BCUT2D eigenvalue weighted by atomic mass is 16.2. The second kappa shape index (κ2) is 8.09. The Kier molecular flexibility index (Phi) is 6.13. The number of hydrogen-bond donors (Lipinski definition) is 1. The van der Waals surface area contributed by atoms with E-state index in [0.29, 0.717) is 24.3 Å². The summed E-state index contributed by atoms with van der Waals surface area (Å²) in [5.74, 6) is 0. The highest BCUT2D eigenvalue weighted by Gasteiger charge is 2.28. The molecule has 0 amide bonds. The van der Waals surface area contributed by atoms with E-state index in [9.17, 15) is 9.59 Å². The summed E-state index contributed by atoms with van der Waals surface area (Å²) in [6, 6.07) is 2.15. The summed E-state index contributed by atoms with van der Waals surface area (Å²) >= 11 is 0. The molecule has 7 heteroatoms. The first kappa shape index (κ1) is 17.4. The Morgan fingerprint density at radius 1 is 1.17 bits per heavy atom. The van der Waals surface area contributed by atoms with Gasteiger partial charge >= 0.3 is 0 Å². The van der Waals surface area contributed by atoms with Crippen molar-refractivity contribution in [2.45, 2.75) is 12.8 Å². The molecule has 0 radical (unpaired) electrons. The molecule has 1 aromatic rings. The van der Waals surface area contributed by atoms with Gasteiger partial charge in [0, 0.05) is 45.7 Å². The van der Waals surface area contributed by atoms with Crippen molar-refractivity contribution in [1.82, 2.24) is 9.80 Å². The Morgan fingerprint density at radius 2 is 1.87 bits per heavy atom. The van der Waals surface area contributed by atoms with Crippen molar-refractivity contribution in [3.05, 3.63) is 20.4 Å². The topological polar surface area (TPSA) is 79.7 Å². The molecule has 23 heavy (non-hydrogen) atoms. The minimum absolute atomic E-state index is 0.370. The maximum absolute atomic E-state index is 11.9. The Labute approximate surface area is 136 Å². The van der Waals surface area contributed by atoms with Crippen LogP contribution < -0.4 is 21.1 Å². The first-order valence-corrected chi connectivity index (χ1v) is 8.10. The summed E-state index contributed by atoms with van der Waals surface area (Å²) in [5.41, 5.74) is 0.279. The van der Waals surface area contributed by atoms with Crippen molar-refractivity contribution in [2.24, 2.45) is 0 Å². The fourth-order valence-corrected chi connectivity index (χ4v) is 2.86. The van der Waals surface area contributed by atoms with Gasteiger partial charge < -0.3 is 15.1 Å². The van der Waals surface area contributed by atoms with Gasteiger partial charge in [0.25, 0.3) is 10.9 Å². The number of piperazine rings is 1. The van der Waals surface area contributed by atoms with E-state index in [0.717, 1.165) is 45.7 Å². The maximum Gasteiger partial charge on any atom is 0.253 e. The summed E-state index contributed by atoms with van der Waals surface area (Å²) in [6.45, 7) is 5.49. The molecule has 0 aliphatic carbocycles. The third-order valence-corrected chi connectivity index (χ3v) is 4.20. The van der Waals surface area contributed by atoms with Gasteiger partial charge in [0.2, 0.25) is 0 Å². The van der Waals surface area contributed by atoms with Gasteiger partial charge in [-0.15, -0.1) is 0 Å². The molecular weight excluding hydrogens is 294 g/mol.